The fraction of sp³-hybridized carbons (Fsp3) is 0.350. The second-order valence-electron chi connectivity index (χ2n) is 6.76. The summed E-state index contributed by atoms with van der Waals surface area (Å²) >= 11 is 0. The van der Waals surface area contributed by atoms with Crippen molar-refractivity contribution in [2.45, 2.75) is 32.8 Å². The van der Waals surface area contributed by atoms with Gasteiger partial charge >= 0.3 is 0 Å². The van der Waals surface area contributed by atoms with E-state index in [4.69, 9.17) is 4.74 Å². The van der Waals surface area contributed by atoms with Crippen LogP contribution in [0.15, 0.2) is 36.5 Å². The lowest BCUT2D eigenvalue weighted by Gasteiger charge is -2.11. The van der Waals surface area contributed by atoms with Gasteiger partial charge in [-0.3, -0.25) is 4.79 Å². The molecule has 2 aromatic heterocycles. The molecule has 1 aliphatic heterocycles. The smallest absolute Gasteiger partial charge is 0.251 e. The number of carbonyl (C=O) groups is 1. The molecule has 1 fully saturated rings. The molecule has 6 heteroatoms. The van der Waals surface area contributed by atoms with Crippen LogP contribution in [0.4, 0.5) is 0 Å². The molecule has 26 heavy (non-hydrogen) atoms. The van der Waals surface area contributed by atoms with Gasteiger partial charge in [0, 0.05) is 30.5 Å². The molecule has 0 radical (unpaired) electrons. The Kier molecular flexibility index (Phi) is 4.42. The van der Waals surface area contributed by atoms with Gasteiger partial charge in [-0.2, -0.15) is 5.10 Å². The van der Waals surface area contributed by atoms with Gasteiger partial charge < -0.3 is 10.1 Å². The average molecular weight is 350 g/mol. The Morgan fingerprint density at radius 3 is 2.81 bits per heavy atom. The van der Waals surface area contributed by atoms with Crippen LogP contribution in [-0.2, 0) is 4.74 Å². The standard InChI is InChI=1S/C20H22N4O2/c1-13-10-17(12-24-19(13)22-14(2)23-24)15-5-7-16(8-6-15)20(25)21-11-18-4-3-9-26-18/h5-8,10,12,18H,3-4,9,11H2,1-2H3,(H,21,25)/t18-/m1/s1. The van der Waals surface area contributed by atoms with E-state index in [9.17, 15) is 4.79 Å². The van der Waals surface area contributed by atoms with Gasteiger partial charge in [-0.25, -0.2) is 9.50 Å². The van der Waals surface area contributed by atoms with Crippen LogP contribution < -0.4 is 5.32 Å². The highest BCUT2D eigenvalue weighted by atomic mass is 16.5. The number of hydrogen-bond acceptors (Lipinski definition) is 4. The van der Waals surface area contributed by atoms with E-state index in [1.54, 1.807) is 0 Å². The molecule has 1 amide bonds. The van der Waals surface area contributed by atoms with E-state index in [2.05, 4.69) is 21.5 Å². The number of aryl methyl sites for hydroxylation is 2. The molecule has 3 heterocycles. The summed E-state index contributed by atoms with van der Waals surface area (Å²) in [5.41, 5.74) is 4.68. The fourth-order valence-electron chi connectivity index (χ4n) is 3.34. The molecular weight excluding hydrogens is 328 g/mol. The Hall–Kier alpha value is -2.73. The maximum Gasteiger partial charge on any atom is 0.251 e. The van der Waals surface area contributed by atoms with E-state index in [1.165, 1.54) is 0 Å². The molecule has 1 atom stereocenters. The van der Waals surface area contributed by atoms with Crippen LogP contribution in [0.25, 0.3) is 16.8 Å². The van der Waals surface area contributed by atoms with Gasteiger partial charge in [-0.15, -0.1) is 0 Å². The molecule has 1 aliphatic rings. The molecule has 3 aromatic rings. The Morgan fingerprint density at radius 2 is 2.08 bits per heavy atom. The number of benzene rings is 1. The first-order chi connectivity index (χ1) is 12.6. The van der Waals surface area contributed by atoms with Crippen molar-refractivity contribution >= 4 is 11.6 Å². The van der Waals surface area contributed by atoms with Crippen molar-refractivity contribution in [3.8, 4) is 11.1 Å². The third-order valence-electron chi connectivity index (χ3n) is 4.72. The van der Waals surface area contributed by atoms with Crippen molar-refractivity contribution in [1.29, 1.82) is 0 Å². The minimum Gasteiger partial charge on any atom is -0.376 e. The summed E-state index contributed by atoms with van der Waals surface area (Å²) in [6.45, 7) is 5.28. The van der Waals surface area contributed by atoms with E-state index in [0.29, 0.717) is 12.1 Å². The normalized spacial score (nSPS) is 16.9. The summed E-state index contributed by atoms with van der Waals surface area (Å²) in [4.78, 5) is 16.7. The molecular formula is C20H22N4O2. The van der Waals surface area contributed by atoms with Crippen molar-refractivity contribution in [2.24, 2.45) is 0 Å². The van der Waals surface area contributed by atoms with E-state index < -0.39 is 0 Å². The number of aromatic nitrogens is 3. The number of carbonyl (C=O) groups excluding carboxylic acids is 1. The lowest BCUT2D eigenvalue weighted by Crippen LogP contribution is -2.31. The molecule has 1 aromatic carbocycles. The van der Waals surface area contributed by atoms with Gasteiger partial charge in [-0.05, 0) is 56.0 Å². The van der Waals surface area contributed by atoms with Crippen LogP contribution >= 0.6 is 0 Å². The van der Waals surface area contributed by atoms with Crippen molar-refractivity contribution in [3.05, 3.63) is 53.5 Å². The molecule has 0 unspecified atom stereocenters. The van der Waals surface area contributed by atoms with Gasteiger partial charge in [0.05, 0.1) is 6.10 Å². The van der Waals surface area contributed by atoms with Gasteiger partial charge in [0.15, 0.2) is 5.65 Å². The number of rotatable bonds is 4. The van der Waals surface area contributed by atoms with Crippen molar-refractivity contribution in [1.82, 2.24) is 19.9 Å². The number of pyridine rings is 1. The molecule has 1 N–H and O–H groups in total. The number of nitrogens with one attached hydrogen (secondary N) is 1. The summed E-state index contributed by atoms with van der Waals surface area (Å²) in [6, 6.07) is 9.73. The lowest BCUT2D eigenvalue weighted by atomic mass is 10.0. The van der Waals surface area contributed by atoms with E-state index in [0.717, 1.165) is 47.6 Å². The highest BCUT2D eigenvalue weighted by molar-refractivity contribution is 5.94. The van der Waals surface area contributed by atoms with E-state index in [1.807, 2.05) is 48.8 Å². The van der Waals surface area contributed by atoms with Crippen LogP contribution in [0.1, 0.15) is 34.6 Å². The quantitative estimate of drug-likeness (QED) is 0.785. The Balaban J connectivity index is 1.51. The molecule has 0 aliphatic carbocycles. The third kappa shape index (κ3) is 3.32. The summed E-state index contributed by atoms with van der Waals surface area (Å²) in [6.07, 6.45) is 4.21. The van der Waals surface area contributed by atoms with Crippen LogP contribution in [0.5, 0.6) is 0 Å². The molecule has 0 spiro atoms. The monoisotopic (exact) mass is 350 g/mol. The number of hydrogen-bond donors (Lipinski definition) is 1. The minimum absolute atomic E-state index is 0.0643. The van der Waals surface area contributed by atoms with Gasteiger partial charge in [0.25, 0.3) is 5.91 Å². The summed E-state index contributed by atoms with van der Waals surface area (Å²) in [5.74, 6) is 0.689. The number of nitrogens with zero attached hydrogens (tertiary/aromatic N) is 3. The summed E-state index contributed by atoms with van der Waals surface area (Å²) in [7, 11) is 0. The van der Waals surface area contributed by atoms with Crippen LogP contribution in [-0.4, -0.2) is 39.8 Å². The number of ether oxygens (including phenoxy) is 1. The van der Waals surface area contributed by atoms with Gasteiger partial charge in [0.2, 0.25) is 0 Å². The second-order valence-corrected chi connectivity index (χ2v) is 6.76. The molecule has 0 saturated carbocycles. The fourth-order valence-corrected chi connectivity index (χ4v) is 3.34. The van der Waals surface area contributed by atoms with Gasteiger partial charge in [-0.1, -0.05) is 12.1 Å². The zero-order valence-electron chi connectivity index (χ0n) is 15.0. The molecule has 0 bridgehead atoms. The zero-order valence-corrected chi connectivity index (χ0v) is 15.0. The van der Waals surface area contributed by atoms with E-state index >= 15 is 0 Å². The average Bonchev–Trinajstić information content (AvgIpc) is 3.29. The first-order valence-electron chi connectivity index (χ1n) is 8.94. The molecule has 1 saturated heterocycles. The van der Waals surface area contributed by atoms with Crippen LogP contribution in [0.3, 0.4) is 0 Å². The second kappa shape index (κ2) is 6.88. The van der Waals surface area contributed by atoms with Crippen molar-refractivity contribution < 1.29 is 9.53 Å². The van der Waals surface area contributed by atoms with Crippen molar-refractivity contribution in [2.75, 3.05) is 13.2 Å². The topological polar surface area (TPSA) is 68.5 Å². The Morgan fingerprint density at radius 1 is 1.27 bits per heavy atom. The molecule has 6 nitrogen and oxygen atoms in total. The Labute approximate surface area is 152 Å². The van der Waals surface area contributed by atoms with E-state index in [-0.39, 0.29) is 12.0 Å². The van der Waals surface area contributed by atoms with Crippen molar-refractivity contribution in [3.63, 3.8) is 0 Å². The van der Waals surface area contributed by atoms with Crippen LogP contribution in [0, 0.1) is 13.8 Å². The number of fused-ring (bicyclic) bond motifs is 1. The summed E-state index contributed by atoms with van der Waals surface area (Å²) < 4.78 is 7.34. The zero-order chi connectivity index (χ0) is 18.1. The van der Waals surface area contributed by atoms with Gasteiger partial charge in [0.1, 0.15) is 5.82 Å². The summed E-state index contributed by atoms with van der Waals surface area (Å²) in [5, 5.41) is 7.35. The molecule has 134 valence electrons. The lowest BCUT2D eigenvalue weighted by molar-refractivity contribution is 0.0858. The SMILES string of the molecule is Cc1nc2c(C)cc(-c3ccc(C(=O)NC[C@H]4CCCO4)cc3)cn2n1. The predicted molar refractivity (Wildman–Crippen MR) is 99.2 cm³/mol. The largest absolute Gasteiger partial charge is 0.376 e. The first-order valence-corrected chi connectivity index (χ1v) is 8.94. The maximum absolute atomic E-state index is 12.3. The Bertz CT molecular complexity index is 940. The first kappa shape index (κ1) is 16.7. The minimum atomic E-state index is -0.0643. The number of amides is 1. The molecule has 4 rings (SSSR count). The third-order valence-corrected chi connectivity index (χ3v) is 4.72. The maximum atomic E-state index is 12.3. The predicted octanol–water partition coefficient (Wildman–Crippen LogP) is 2.92. The highest BCUT2D eigenvalue weighted by Crippen LogP contribution is 2.23. The highest BCUT2D eigenvalue weighted by Gasteiger charge is 2.16. The van der Waals surface area contributed by atoms with Crippen LogP contribution in [0.2, 0.25) is 0 Å².